The van der Waals surface area contributed by atoms with E-state index in [4.69, 9.17) is 0 Å². The Morgan fingerprint density at radius 1 is 1.40 bits per heavy atom. The Hall–Kier alpha value is -2.27. The largest absolute Gasteiger partial charge is 0.502 e. The van der Waals surface area contributed by atoms with E-state index in [-0.39, 0.29) is 10.0 Å². The van der Waals surface area contributed by atoms with Gasteiger partial charge >= 0.3 is 5.69 Å². The first kappa shape index (κ1) is 14.1. The number of phenolic OH excluding ortho intramolecular Hbond substituents is 1. The topological polar surface area (TPSA) is 135 Å². The van der Waals surface area contributed by atoms with Gasteiger partial charge in [-0.25, -0.2) is 8.42 Å². The molecule has 0 unspecified atom stereocenters. The van der Waals surface area contributed by atoms with Crippen molar-refractivity contribution >= 4 is 32.2 Å². The van der Waals surface area contributed by atoms with Gasteiger partial charge in [0.1, 0.15) is 5.01 Å². The van der Waals surface area contributed by atoms with E-state index in [0.29, 0.717) is 5.01 Å². The minimum Gasteiger partial charge on any atom is -0.502 e. The fourth-order valence-electron chi connectivity index (χ4n) is 1.33. The smallest absolute Gasteiger partial charge is 0.312 e. The van der Waals surface area contributed by atoms with Crippen LogP contribution in [0.15, 0.2) is 23.1 Å². The van der Waals surface area contributed by atoms with E-state index in [0.717, 1.165) is 29.5 Å². The lowest BCUT2D eigenvalue weighted by Crippen LogP contribution is -2.13. The molecular weight excluding hydrogens is 308 g/mol. The quantitative estimate of drug-likeness (QED) is 0.640. The van der Waals surface area contributed by atoms with E-state index in [1.54, 1.807) is 6.92 Å². The molecule has 1 aromatic carbocycles. The second kappa shape index (κ2) is 5.02. The predicted octanol–water partition coefficient (Wildman–Crippen LogP) is 1.26. The molecule has 11 heteroatoms. The van der Waals surface area contributed by atoms with Crippen LogP contribution in [0.25, 0.3) is 0 Å². The van der Waals surface area contributed by atoms with Crippen LogP contribution in [-0.4, -0.2) is 28.6 Å². The number of phenols is 1. The van der Waals surface area contributed by atoms with Crippen LogP contribution in [0.2, 0.25) is 0 Å². The average molecular weight is 316 g/mol. The molecule has 0 spiro atoms. The summed E-state index contributed by atoms with van der Waals surface area (Å²) >= 11 is 1.03. The average Bonchev–Trinajstić information content (AvgIpc) is 2.73. The van der Waals surface area contributed by atoms with Crippen molar-refractivity contribution in [2.45, 2.75) is 11.8 Å². The summed E-state index contributed by atoms with van der Waals surface area (Å²) in [7, 11) is -4.03. The summed E-state index contributed by atoms with van der Waals surface area (Å²) in [6.45, 7) is 1.65. The molecule has 0 aliphatic rings. The number of anilines is 1. The first-order valence-electron chi connectivity index (χ1n) is 5.10. The number of aromatic nitrogens is 2. The lowest BCUT2D eigenvalue weighted by Gasteiger charge is -2.05. The van der Waals surface area contributed by atoms with Gasteiger partial charge in [0.2, 0.25) is 5.13 Å². The fraction of sp³-hybridized carbons (Fsp3) is 0.111. The first-order chi connectivity index (χ1) is 9.29. The van der Waals surface area contributed by atoms with Crippen molar-refractivity contribution in [3.63, 3.8) is 0 Å². The van der Waals surface area contributed by atoms with Gasteiger partial charge in [0.05, 0.1) is 9.82 Å². The standard InChI is InChI=1S/C9H8N4O5S2/c1-5-10-11-9(19-5)12-20(17,18)6-2-3-8(14)7(4-6)13(15)16/h2-4,14H,1H3,(H,11,12). The Balaban J connectivity index is 2.39. The van der Waals surface area contributed by atoms with Crippen LogP contribution in [0.3, 0.4) is 0 Å². The van der Waals surface area contributed by atoms with Crippen LogP contribution in [0.4, 0.5) is 10.8 Å². The molecule has 1 aromatic heterocycles. The minimum atomic E-state index is -4.03. The molecule has 0 saturated carbocycles. The van der Waals surface area contributed by atoms with Crippen LogP contribution < -0.4 is 4.72 Å². The summed E-state index contributed by atoms with van der Waals surface area (Å²) in [6.07, 6.45) is 0. The number of nitrogens with one attached hydrogen (secondary N) is 1. The molecule has 2 rings (SSSR count). The number of aryl methyl sites for hydroxylation is 1. The summed E-state index contributed by atoms with van der Waals surface area (Å²) in [6, 6.07) is 2.77. The van der Waals surface area contributed by atoms with Crippen molar-refractivity contribution in [1.29, 1.82) is 0 Å². The SMILES string of the molecule is Cc1nnc(NS(=O)(=O)c2ccc(O)c([N+](=O)[O-])c2)s1. The van der Waals surface area contributed by atoms with Crippen molar-refractivity contribution < 1.29 is 18.4 Å². The van der Waals surface area contributed by atoms with Gasteiger partial charge in [0.15, 0.2) is 5.75 Å². The van der Waals surface area contributed by atoms with E-state index in [2.05, 4.69) is 14.9 Å². The molecular formula is C9H8N4O5S2. The molecule has 9 nitrogen and oxygen atoms in total. The molecule has 0 saturated heterocycles. The maximum absolute atomic E-state index is 12.0. The maximum atomic E-state index is 12.0. The molecule has 0 atom stereocenters. The second-order valence-corrected chi connectivity index (χ2v) is 6.50. The second-order valence-electron chi connectivity index (χ2n) is 3.64. The number of nitro benzene ring substituents is 1. The van der Waals surface area contributed by atoms with E-state index in [1.165, 1.54) is 0 Å². The molecule has 0 bridgehead atoms. The van der Waals surface area contributed by atoms with Crippen LogP contribution >= 0.6 is 11.3 Å². The van der Waals surface area contributed by atoms with Gasteiger partial charge in [0.25, 0.3) is 10.0 Å². The highest BCUT2D eigenvalue weighted by Crippen LogP contribution is 2.29. The highest BCUT2D eigenvalue weighted by molar-refractivity contribution is 7.93. The molecule has 0 fully saturated rings. The number of aromatic hydroxyl groups is 1. The van der Waals surface area contributed by atoms with Crippen molar-refractivity contribution in [2.24, 2.45) is 0 Å². The molecule has 20 heavy (non-hydrogen) atoms. The van der Waals surface area contributed by atoms with Crippen molar-refractivity contribution in [3.8, 4) is 5.75 Å². The lowest BCUT2D eigenvalue weighted by molar-refractivity contribution is -0.386. The molecule has 106 valence electrons. The van der Waals surface area contributed by atoms with Crippen molar-refractivity contribution in [3.05, 3.63) is 33.3 Å². The van der Waals surface area contributed by atoms with Gasteiger partial charge in [-0.3, -0.25) is 14.8 Å². The number of nitro groups is 1. The van der Waals surface area contributed by atoms with E-state index < -0.39 is 26.4 Å². The van der Waals surface area contributed by atoms with Gasteiger partial charge in [-0.15, -0.1) is 10.2 Å². The third kappa shape index (κ3) is 2.83. The van der Waals surface area contributed by atoms with E-state index >= 15 is 0 Å². The Kier molecular flexibility index (Phi) is 3.55. The molecule has 2 aromatic rings. The Bertz CT molecular complexity index is 770. The molecule has 0 aliphatic carbocycles. The minimum absolute atomic E-state index is 0.0539. The van der Waals surface area contributed by atoms with E-state index in [9.17, 15) is 23.6 Å². The van der Waals surface area contributed by atoms with Crippen LogP contribution in [0, 0.1) is 17.0 Å². The Labute approximate surface area is 117 Å². The zero-order valence-electron chi connectivity index (χ0n) is 9.97. The summed E-state index contributed by atoms with van der Waals surface area (Å²) in [5, 5.41) is 27.8. The highest BCUT2D eigenvalue weighted by atomic mass is 32.2. The molecule has 2 N–H and O–H groups in total. The summed E-state index contributed by atoms with van der Waals surface area (Å²) in [4.78, 5) is 9.45. The van der Waals surface area contributed by atoms with Gasteiger partial charge in [-0.05, 0) is 19.1 Å². The Morgan fingerprint density at radius 2 is 2.10 bits per heavy atom. The third-order valence-electron chi connectivity index (χ3n) is 2.20. The summed E-state index contributed by atoms with van der Waals surface area (Å²) in [5.41, 5.74) is -0.693. The van der Waals surface area contributed by atoms with E-state index in [1.807, 2.05) is 0 Å². The normalized spacial score (nSPS) is 11.2. The zero-order chi connectivity index (χ0) is 14.9. The van der Waals surface area contributed by atoms with Gasteiger partial charge < -0.3 is 5.11 Å². The summed E-state index contributed by atoms with van der Waals surface area (Å²) < 4.78 is 26.2. The Morgan fingerprint density at radius 3 is 2.65 bits per heavy atom. The van der Waals surface area contributed by atoms with Crippen LogP contribution in [-0.2, 0) is 10.0 Å². The predicted molar refractivity (Wildman–Crippen MR) is 70.2 cm³/mol. The highest BCUT2D eigenvalue weighted by Gasteiger charge is 2.22. The van der Waals surface area contributed by atoms with Crippen molar-refractivity contribution in [1.82, 2.24) is 10.2 Å². The first-order valence-corrected chi connectivity index (χ1v) is 7.40. The monoisotopic (exact) mass is 316 g/mol. The number of rotatable bonds is 4. The molecule has 0 aliphatic heterocycles. The molecule has 0 radical (unpaired) electrons. The fourth-order valence-corrected chi connectivity index (χ4v) is 3.17. The van der Waals surface area contributed by atoms with Gasteiger partial charge in [0, 0.05) is 6.07 Å². The molecule has 0 amide bonds. The maximum Gasteiger partial charge on any atom is 0.312 e. The molecule has 1 heterocycles. The number of sulfonamides is 1. The number of nitrogens with zero attached hydrogens (tertiary/aromatic N) is 3. The number of hydrogen-bond acceptors (Lipinski definition) is 8. The number of hydrogen-bond donors (Lipinski definition) is 2. The zero-order valence-corrected chi connectivity index (χ0v) is 11.6. The van der Waals surface area contributed by atoms with Crippen LogP contribution in [0.1, 0.15) is 5.01 Å². The van der Waals surface area contributed by atoms with Gasteiger partial charge in [-0.1, -0.05) is 11.3 Å². The third-order valence-corrected chi connectivity index (χ3v) is 4.42. The lowest BCUT2D eigenvalue weighted by atomic mass is 10.3. The van der Waals surface area contributed by atoms with Crippen LogP contribution in [0.5, 0.6) is 5.75 Å². The van der Waals surface area contributed by atoms with Gasteiger partial charge in [-0.2, -0.15) is 0 Å². The summed E-state index contributed by atoms with van der Waals surface area (Å²) in [5.74, 6) is -0.610. The number of benzene rings is 1. The van der Waals surface area contributed by atoms with Crippen molar-refractivity contribution in [2.75, 3.05) is 4.72 Å².